The Kier molecular flexibility index (Phi) is 6.83. The van der Waals surface area contributed by atoms with Crippen LogP contribution < -0.4 is 9.47 Å². The van der Waals surface area contributed by atoms with E-state index in [0.717, 1.165) is 11.3 Å². The van der Waals surface area contributed by atoms with Crippen molar-refractivity contribution in [1.82, 2.24) is 4.90 Å². The van der Waals surface area contributed by atoms with Crippen molar-refractivity contribution in [2.45, 2.75) is 12.6 Å². The smallest absolute Gasteiger partial charge is 0.254 e. The summed E-state index contributed by atoms with van der Waals surface area (Å²) in [7, 11) is 4.79. The summed E-state index contributed by atoms with van der Waals surface area (Å²) in [6, 6.07) is 14.4. The van der Waals surface area contributed by atoms with E-state index in [1.165, 1.54) is 0 Å². The van der Waals surface area contributed by atoms with E-state index in [1.807, 2.05) is 24.3 Å². The summed E-state index contributed by atoms with van der Waals surface area (Å²) < 4.78 is 15.7. The number of methoxy groups -OCH3 is 3. The first-order valence-corrected chi connectivity index (χ1v) is 7.99. The van der Waals surface area contributed by atoms with Gasteiger partial charge in [0.05, 0.1) is 26.9 Å². The van der Waals surface area contributed by atoms with Crippen molar-refractivity contribution in [1.29, 1.82) is 0 Å². The molecular formula is C20H24NO4. The molecule has 2 aromatic rings. The molecule has 2 aromatic carbocycles. The highest BCUT2D eigenvalue weighted by atomic mass is 16.5. The SMILES string of the molecule is [CH2]C(COC)N(Cc1cccc(OC)c1)C(=O)c1cccc(OC)c1. The summed E-state index contributed by atoms with van der Waals surface area (Å²) in [4.78, 5) is 14.7. The Bertz CT molecular complexity index is 702. The Labute approximate surface area is 149 Å². The van der Waals surface area contributed by atoms with Gasteiger partial charge in [-0.15, -0.1) is 0 Å². The summed E-state index contributed by atoms with van der Waals surface area (Å²) in [6.45, 7) is 4.83. The molecule has 1 unspecified atom stereocenters. The van der Waals surface area contributed by atoms with Gasteiger partial charge in [-0.2, -0.15) is 0 Å². The van der Waals surface area contributed by atoms with Crippen LogP contribution in [0.15, 0.2) is 48.5 Å². The average molecular weight is 342 g/mol. The summed E-state index contributed by atoms with van der Waals surface area (Å²) >= 11 is 0. The molecule has 1 amide bonds. The molecule has 2 rings (SSSR count). The lowest BCUT2D eigenvalue weighted by atomic mass is 10.1. The molecule has 1 atom stereocenters. The molecule has 0 aliphatic carbocycles. The average Bonchev–Trinajstić information content (AvgIpc) is 2.66. The summed E-state index contributed by atoms with van der Waals surface area (Å²) in [5.41, 5.74) is 1.51. The predicted octanol–water partition coefficient (Wildman–Crippen LogP) is 3.20. The molecule has 5 heteroatoms. The number of hydrogen-bond acceptors (Lipinski definition) is 4. The van der Waals surface area contributed by atoms with Gasteiger partial charge in [0, 0.05) is 19.2 Å². The van der Waals surface area contributed by atoms with Gasteiger partial charge in [-0.1, -0.05) is 18.2 Å². The van der Waals surface area contributed by atoms with Crippen LogP contribution in [0, 0.1) is 6.92 Å². The second-order valence-electron chi connectivity index (χ2n) is 5.63. The van der Waals surface area contributed by atoms with Gasteiger partial charge in [-0.3, -0.25) is 4.79 Å². The lowest BCUT2D eigenvalue weighted by Gasteiger charge is -2.29. The Morgan fingerprint density at radius 2 is 1.68 bits per heavy atom. The van der Waals surface area contributed by atoms with Crippen LogP contribution in [0.5, 0.6) is 11.5 Å². The monoisotopic (exact) mass is 342 g/mol. The van der Waals surface area contributed by atoms with Gasteiger partial charge < -0.3 is 19.1 Å². The zero-order valence-electron chi connectivity index (χ0n) is 14.9. The molecule has 0 aromatic heterocycles. The van der Waals surface area contributed by atoms with Crippen molar-refractivity contribution >= 4 is 5.91 Å². The van der Waals surface area contributed by atoms with Crippen LogP contribution in [0.2, 0.25) is 0 Å². The van der Waals surface area contributed by atoms with Crippen LogP contribution in [0.1, 0.15) is 15.9 Å². The van der Waals surface area contributed by atoms with Gasteiger partial charge in [-0.25, -0.2) is 0 Å². The van der Waals surface area contributed by atoms with Gasteiger partial charge in [-0.05, 0) is 42.8 Å². The maximum atomic E-state index is 13.0. The van der Waals surface area contributed by atoms with E-state index in [1.54, 1.807) is 50.5 Å². The maximum absolute atomic E-state index is 13.0. The molecule has 0 bridgehead atoms. The fraction of sp³-hybridized carbons (Fsp3) is 0.300. The summed E-state index contributed by atoms with van der Waals surface area (Å²) in [5, 5.41) is 0. The third-order valence-corrected chi connectivity index (χ3v) is 3.86. The van der Waals surface area contributed by atoms with E-state index in [2.05, 4.69) is 6.92 Å². The van der Waals surface area contributed by atoms with Gasteiger partial charge in [0.15, 0.2) is 0 Å². The fourth-order valence-corrected chi connectivity index (χ4v) is 2.54. The zero-order valence-corrected chi connectivity index (χ0v) is 14.9. The Morgan fingerprint density at radius 1 is 1.04 bits per heavy atom. The molecule has 0 N–H and O–H groups in total. The quantitative estimate of drug-likeness (QED) is 0.739. The van der Waals surface area contributed by atoms with Crippen LogP contribution >= 0.6 is 0 Å². The Balaban J connectivity index is 2.29. The van der Waals surface area contributed by atoms with Gasteiger partial charge >= 0.3 is 0 Å². The van der Waals surface area contributed by atoms with Crippen molar-refractivity contribution in [3.05, 3.63) is 66.6 Å². The number of ether oxygens (including phenoxy) is 3. The topological polar surface area (TPSA) is 48.0 Å². The van der Waals surface area contributed by atoms with E-state index in [0.29, 0.717) is 24.5 Å². The first kappa shape index (κ1) is 18.8. The lowest BCUT2D eigenvalue weighted by Crippen LogP contribution is -2.40. The number of nitrogens with zero attached hydrogens (tertiary/aromatic N) is 1. The number of benzene rings is 2. The minimum absolute atomic E-state index is 0.126. The van der Waals surface area contributed by atoms with E-state index >= 15 is 0 Å². The summed E-state index contributed by atoms with van der Waals surface area (Å²) in [6.07, 6.45) is 0. The fourth-order valence-electron chi connectivity index (χ4n) is 2.54. The van der Waals surface area contributed by atoms with Crippen molar-refractivity contribution in [3.63, 3.8) is 0 Å². The molecule has 0 saturated carbocycles. The van der Waals surface area contributed by atoms with Crippen LogP contribution in [-0.4, -0.2) is 44.8 Å². The van der Waals surface area contributed by atoms with E-state index in [-0.39, 0.29) is 11.9 Å². The number of carbonyl (C=O) groups excluding carboxylic acids is 1. The number of rotatable bonds is 8. The second-order valence-corrected chi connectivity index (χ2v) is 5.63. The van der Waals surface area contributed by atoms with Gasteiger partial charge in [0.1, 0.15) is 11.5 Å². The second kappa shape index (κ2) is 9.08. The Hall–Kier alpha value is -2.53. The molecule has 0 aliphatic heterocycles. The minimum Gasteiger partial charge on any atom is -0.497 e. The molecule has 5 nitrogen and oxygen atoms in total. The number of hydrogen-bond donors (Lipinski definition) is 0. The largest absolute Gasteiger partial charge is 0.497 e. The van der Waals surface area contributed by atoms with E-state index in [9.17, 15) is 4.79 Å². The van der Waals surface area contributed by atoms with E-state index < -0.39 is 0 Å². The zero-order chi connectivity index (χ0) is 18.2. The molecule has 0 saturated heterocycles. The van der Waals surface area contributed by atoms with Gasteiger partial charge in [0.25, 0.3) is 5.91 Å². The number of carbonyl (C=O) groups is 1. The van der Waals surface area contributed by atoms with Crippen molar-refractivity contribution in [2.75, 3.05) is 27.9 Å². The standard InChI is InChI=1S/C20H24NO4/c1-15(14-23-2)21(13-16-7-5-9-18(11-16)24-3)20(22)17-8-6-10-19(12-17)25-4/h5-12,15H,1,13-14H2,2-4H3. The molecule has 25 heavy (non-hydrogen) atoms. The first-order valence-electron chi connectivity index (χ1n) is 7.99. The molecule has 0 fully saturated rings. The van der Waals surface area contributed by atoms with Crippen molar-refractivity contribution in [3.8, 4) is 11.5 Å². The summed E-state index contributed by atoms with van der Waals surface area (Å²) in [5.74, 6) is 1.26. The Morgan fingerprint density at radius 3 is 2.32 bits per heavy atom. The third-order valence-electron chi connectivity index (χ3n) is 3.86. The molecule has 1 radical (unpaired) electrons. The molecule has 133 valence electrons. The highest BCUT2D eigenvalue weighted by molar-refractivity contribution is 5.94. The molecular weight excluding hydrogens is 318 g/mol. The highest BCUT2D eigenvalue weighted by Crippen LogP contribution is 2.20. The van der Waals surface area contributed by atoms with Crippen LogP contribution in [0.3, 0.4) is 0 Å². The normalized spacial score (nSPS) is 11.7. The molecule has 0 spiro atoms. The molecule has 0 heterocycles. The molecule has 0 aliphatic rings. The van der Waals surface area contributed by atoms with Crippen LogP contribution in [-0.2, 0) is 11.3 Å². The van der Waals surface area contributed by atoms with Gasteiger partial charge in [0.2, 0.25) is 0 Å². The van der Waals surface area contributed by atoms with Crippen molar-refractivity contribution < 1.29 is 19.0 Å². The lowest BCUT2D eigenvalue weighted by molar-refractivity contribution is 0.0583. The van der Waals surface area contributed by atoms with Crippen LogP contribution in [0.25, 0.3) is 0 Å². The maximum Gasteiger partial charge on any atom is 0.254 e. The van der Waals surface area contributed by atoms with Crippen molar-refractivity contribution in [2.24, 2.45) is 0 Å². The predicted molar refractivity (Wildman–Crippen MR) is 96.9 cm³/mol. The minimum atomic E-state index is -0.324. The first-order chi connectivity index (χ1) is 12.1. The highest BCUT2D eigenvalue weighted by Gasteiger charge is 2.22. The van der Waals surface area contributed by atoms with Crippen LogP contribution in [0.4, 0.5) is 0 Å². The number of amides is 1. The third kappa shape index (κ3) is 4.97. The van der Waals surface area contributed by atoms with E-state index in [4.69, 9.17) is 14.2 Å².